The van der Waals surface area contributed by atoms with Crippen molar-refractivity contribution in [3.8, 4) is 0 Å². The van der Waals surface area contributed by atoms with E-state index < -0.39 is 0 Å². The molecule has 0 saturated carbocycles. The van der Waals surface area contributed by atoms with E-state index in [0.29, 0.717) is 36.8 Å². The summed E-state index contributed by atoms with van der Waals surface area (Å²) < 4.78 is 0. The first kappa shape index (κ1) is 16.8. The Morgan fingerprint density at radius 1 is 1.14 bits per heavy atom. The molecule has 1 fully saturated rings. The molecule has 0 bridgehead atoms. The minimum Gasteiger partial charge on any atom is -0.339 e. The van der Waals surface area contributed by atoms with Gasteiger partial charge in [-0.25, -0.2) is 0 Å². The lowest BCUT2D eigenvalue weighted by Gasteiger charge is -2.36. The molecule has 1 saturated heterocycles. The number of benzene rings is 1. The first-order valence-corrected chi connectivity index (χ1v) is 7.87. The fraction of sp³-hybridized carbons (Fsp3) is 0.500. The zero-order valence-corrected chi connectivity index (χ0v) is 13.7. The summed E-state index contributed by atoms with van der Waals surface area (Å²) in [5.41, 5.74) is 6.36. The molecular weight excluding hydrogens is 302 g/mol. The van der Waals surface area contributed by atoms with Crippen LogP contribution in [-0.2, 0) is 4.79 Å². The number of halogens is 1. The molecule has 1 aliphatic heterocycles. The highest BCUT2D eigenvalue weighted by Gasteiger charge is 2.28. The number of piperazine rings is 1. The Labute approximate surface area is 136 Å². The molecule has 2 amide bonds. The lowest BCUT2D eigenvalue weighted by molar-refractivity contribution is -0.137. The minimum absolute atomic E-state index is 0.0464. The van der Waals surface area contributed by atoms with E-state index in [-0.39, 0.29) is 23.8 Å². The Kier molecular flexibility index (Phi) is 5.42. The molecule has 0 aliphatic carbocycles. The van der Waals surface area contributed by atoms with Gasteiger partial charge < -0.3 is 15.5 Å². The SMILES string of the molecule is CC(N)C(C)C(=O)N1CCN(C(=O)c2cccc(Cl)c2)CC1. The predicted octanol–water partition coefficient (Wildman–Crippen LogP) is 1.61. The van der Waals surface area contributed by atoms with Crippen LogP contribution in [0, 0.1) is 5.92 Å². The van der Waals surface area contributed by atoms with Crippen molar-refractivity contribution < 1.29 is 9.59 Å². The Hall–Kier alpha value is -1.59. The second-order valence-corrected chi connectivity index (χ2v) is 6.21. The fourth-order valence-corrected chi connectivity index (χ4v) is 2.64. The third-order valence-corrected chi connectivity index (χ3v) is 4.36. The maximum Gasteiger partial charge on any atom is 0.254 e. The molecule has 22 heavy (non-hydrogen) atoms. The maximum atomic E-state index is 12.4. The van der Waals surface area contributed by atoms with Crippen LogP contribution in [0.15, 0.2) is 24.3 Å². The zero-order chi connectivity index (χ0) is 16.3. The van der Waals surface area contributed by atoms with Crippen LogP contribution in [0.1, 0.15) is 24.2 Å². The van der Waals surface area contributed by atoms with E-state index in [9.17, 15) is 9.59 Å². The fourth-order valence-electron chi connectivity index (χ4n) is 2.45. The molecule has 2 atom stereocenters. The number of carbonyl (C=O) groups excluding carboxylic acids is 2. The number of carbonyl (C=O) groups is 2. The summed E-state index contributed by atoms with van der Waals surface area (Å²) in [6.07, 6.45) is 0. The van der Waals surface area contributed by atoms with Crippen molar-refractivity contribution in [3.05, 3.63) is 34.9 Å². The molecule has 0 spiro atoms. The van der Waals surface area contributed by atoms with Crippen molar-refractivity contribution >= 4 is 23.4 Å². The van der Waals surface area contributed by atoms with Gasteiger partial charge in [-0.2, -0.15) is 0 Å². The number of amides is 2. The van der Waals surface area contributed by atoms with Crippen molar-refractivity contribution in [1.29, 1.82) is 0 Å². The first-order valence-electron chi connectivity index (χ1n) is 7.49. The average molecular weight is 324 g/mol. The van der Waals surface area contributed by atoms with E-state index in [2.05, 4.69) is 0 Å². The average Bonchev–Trinajstić information content (AvgIpc) is 2.52. The Morgan fingerprint density at radius 2 is 1.73 bits per heavy atom. The molecule has 0 radical (unpaired) electrons. The van der Waals surface area contributed by atoms with E-state index in [0.717, 1.165) is 0 Å². The van der Waals surface area contributed by atoms with Crippen LogP contribution in [-0.4, -0.2) is 53.8 Å². The summed E-state index contributed by atoms with van der Waals surface area (Å²) in [5, 5.41) is 0.547. The number of hydrogen-bond acceptors (Lipinski definition) is 3. The van der Waals surface area contributed by atoms with Crippen LogP contribution < -0.4 is 5.73 Å². The highest BCUT2D eigenvalue weighted by atomic mass is 35.5. The maximum absolute atomic E-state index is 12.4. The smallest absolute Gasteiger partial charge is 0.254 e. The predicted molar refractivity (Wildman–Crippen MR) is 86.7 cm³/mol. The number of hydrogen-bond donors (Lipinski definition) is 1. The molecule has 1 heterocycles. The van der Waals surface area contributed by atoms with Gasteiger partial charge in [0.15, 0.2) is 0 Å². The van der Waals surface area contributed by atoms with Crippen LogP contribution in [0.25, 0.3) is 0 Å². The normalized spacial score (nSPS) is 18.0. The van der Waals surface area contributed by atoms with Gasteiger partial charge in [0, 0.05) is 42.8 Å². The molecule has 2 N–H and O–H groups in total. The number of nitrogens with zero attached hydrogens (tertiary/aromatic N) is 2. The van der Waals surface area contributed by atoms with Crippen LogP contribution in [0.3, 0.4) is 0 Å². The van der Waals surface area contributed by atoms with Crippen LogP contribution >= 0.6 is 11.6 Å². The molecule has 1 aliphatic rings. The monoisotopic (exact) mass is 323 g/mol. The second-order valence-electron chi connectivity index (χ2n) is 5.78. The summed E-state index contributed by atoms with van der Waals surface area (Å²) in [4.78, 5) is 28.2. The highest BCUT2D eigenvalue weighted by molar-refractivity contribution is 6.30. The van der Waals surface area contributed by atoms with Crippen molar-refractivity contribution in [3.63, 3.8) is 0 Å². The van der Waals surface area contributed by atoms with Crippen molar-refractivity contribution in [2.75, 3.05) is 26.2 Å². The van der Waals surface area contributed by atoms with Gasteiger partial charge in [-0.05, 0) is 25.1 Å². The number of rotatable bonds is 3. The van der Waals surface area contributed by atoms with E-state index in [4.69, 9.17) is 17.3 Å². The summed E-state index contributed by atoms with van der Waals surface area (Å²) in [5.74, 6) is -0.185. The van der Waals surface area contributed by atoms with Gasteiger partial charge in [0.05, 0.1) is 5.92 Å². The van der Waals surface area contributed by atoms with Gasteiger partial charge in [0.1, 0.15) is 0 Å². The van der Waals surface area contributed by atoms with Gasteiger partial charge >= 0.3 is 0 Å². The zero-order valence-electron chi connectivity index (χ0n) is 13.0. The van der Waals surface area contributed by atoms with Gasteiger partial charge in [0.2, 0.25) is 5.91 Å². The summed E-state index contributed by atoms with van der Waals surface area (Å²) >= 11 is 5.92. The molecule has 0 aromatic heterocycles. The van der Waals surface area contributed by atoms with Crippen molar-refractivity contribution in [2.24, 2.45) is 11.7 Å². The highest BCUT2D eigenvalue weighted by Crippen LogP contribution is 2.15. The molecule has 2 rings (SSSR count). The molecule has 6 heteroatoms. The lowest BCUT2D eigenvalue weighted by Crippen LogP contribution is -2.53. The van der Waals surface area contributed by atoms with E-state index >= 15 is 0 Å². The molecule has 5 nitrogen and oxygen atoms in total. The molecule has 2 unspecified atom stereocenters. The van der Waals surface area contributed by atoms with Crippen LogP contribution in [0.5, 0.6) is 0 Å². The Balaban J connectivity index is 1.95. The molecule has 1 aromatic rings. The quantitative estimate of drug-likeness (QED) is 0.919. The topological polar surface area (TPSA) is 66.6 Å². The summed E-state index contributed by atoms with van der Waals surface area (Å²) in [6, 6.07) is 6.76. The van der Waals surface area contributed by atoms with Gasteiger partial charge in [-0.1, -0.05) is 24.6 Å². The van der Waals surface area contributed by atoms with Gasteiger partial charge in [-0.3, -0.25) is 9.59 Å². The summed E-state index contributed by atoms with van der Waals surface area (Å²) in [6.45, 7) is 5.83. The second kappa shape index (κ2) is 7.11. The van der Waals surface area contributed by atoms with E-state index in [1.807, 2.05) is 13.8 Å². The minimum atomic E-state index is -0.199. The lowest BCUT2D eigenvalue weighted by atomic mass is 10.0. The standard InChI is InChI=1S/C16H22ClN3O2/c1-11(12(2)18)15(21)19-6-8-20(9-7-19)16(22)13-4-3-5-14(17)10-13/h3-5,10-12H,6-9,18H2,1-2H3. The van der Waals surface area contributed by atoms with Gasteiger partial charge in [-0.15, -0.1) is 0 Å². The molecule has 1 aromatic carbocycles. The largest absolute Gasteiger partial charge is 0.339 e. The van der Waals surface area contributed by atoms with Gasteiger partial charge in [0.25, 0.3) is 5.91 Å². The first-order chi connectivity index (χ1) is 10.4. The Morgan fingerprint density at radius 3 is 2.27 bits per heavy atom. The third-order valence-electron chi connectivity index (χ3n) is 4.13. The molecular formula is C16H22ClN3O2. The van der Waals surface area contributed by atoms with Crippen molar-refractivity contribution in [2.45, 2.75) is 19.9 Å². The van der Waals surface area contributed by atoms with E-state index in [1.165, 1.54) is 0 Å². The van der Waals surface area contributed by atoms with Crippen molar-refractivity contribution in [1.82, 2.24) is 9.80 Å². The summed E-state index contributed by atoms with van der Waals surface area (Å²) in [7, 11) is 0. The van der Waals surface area contributed by atoms with E-state index in [1.54, 1.807) is 34.1 Å². The third kappa shape index (κ3) is 3.78. The van der Waals surface area contributed by atoms with Crippen LogP contribution in [0.2, 0.25) is 5.02 Å². The molecule has 120 valence electrons. The van der Waals surface area contributed by atoms with Crippen LogP contribution in [0.4, 0.5) is 0 Å². The number of nitrogens with two attached hydrogens (primary N) is 1. The Bertz CT molecular complexity index is 554.